The van der Waals surface area contributed by atoms with Gasteiger partial charge in [-0.2, -0.15) is 0 Å². The maximum atomic E-state index is 12.6. The number of benzene rings is 1. The molecule has 2 aromatic rings. The van der Waals surface area contributed by atoms with E-state index in [2.05, 4.69) is 9.88 Å². The normalized spacial score (nSPS) is 18.2. The molecule has 4 rings (SSSR count). The van der Waals surface area contributed by atoms with Crippen LogP contribution in [0.2, 0.25) is 0 Å². The number of carbonyl (C=O) groups is 2. The van der Waals surface area contributed by atoms with Gasteiger partial charge in [0.2, 0.25) is 0 Å². The Hall–Kier alpha value is -2.59. The van der Waals surface area contributed by atoms with Crippen molar-refractivity contribution in [1.82, 2.24) is 9.88 Å². The number of Topliss-reactive ketones (excluding diaryl/α,β-unsaturated/α-hetero) is 2. The van der Waals surface area contributed by atoms with E-state index in [9.17, 15) is 9.59 Å². The van der Waals surface area contributed by atoms with Crippen molar-refractivity contribution >= 4 is 17.6 Å². The molecule has 0 amide bonds. The van der Waals surface area contributed by atoms with Crippen molar-refractivity contribution in [1.29, 1.82) is 0 Å². The van der Waals surface area contributed by atoms with Gasteiger partial charge >= 0.3 is 0 Å². The second-order valence-corrected chi connectivity index (χ2v) is 8.12. The first kappa shape index (κ1) is 19.7. The molecule has 1 aromatic heterocycles. The van der Waals surface area contributed by atoms with E-state index in [4.69, 9.17) is 0 Å². The monoisotopic (exact) mass is 388 g/mol. The molecule has 29 heavy (non-hydrogen) atoms. The van der Waals surface area contributed by atoms with Crippen molar-refractivity contribution in [3.63, 3.8) is 0 Å². The van der Waals surface area contributed by atoms with Crippen molar-refractivity contribution in [2.45, 2.75) is 44.9 Å². The average Bonchev–Trinajstić information content (AvgIpc) is 3.25. The fourth-order valence-corrected chi connectivity index (χ4v) is 4.22. The third kappa shape index (κ3) is 5.07. The number of nitrogens with zero attached hydrogens (tertiary/aromatic N) is 2. The molecule has 0 radical (unpaired) electrons. The third-order valence-electron chi connectivity index (χ3n) is 5.92. The number of hydrogen-bond donors (Lipinski definition) is 0. The number of aromatic nitrogens is 1. The number of unbranched alkanes of at least 4 members (excludes halogenated alkanes) is 1. The van der Waals surface area contributed by atoms with Crippen LogP contribution < -0.4 is 0 Å². The van der Waals surface area contributed by atoms with Crippen LogP contribution in [0.25, 0.3) is 6.08 Å². The van der Waals surface area contributed by atoms with Gasteiger partial charge in [-0.25, -0.2) is 0 Å². The summed E-state index contributed by atoms with van der Waals surface area (Å²) >= 11 is 0. The molecule has 0 saturated carbocycles. The molecule has 2 aliphatic rings. The van der Waals surface area contributed by atoms with Gasteiger partial charge in [-0.1, -0.05) is 30.3 Å². The first-order chi connectivity index (χ1) is 14.2. The van der Waals surface area contributed by atoms with E-state index in [1.54, 1.807) is 6.20 Å². The molecule has 2 heterocycles. The summed E-state index contributed by atoms with van der Waals surface area (Å²) in [5.41, 5.74) is 4.28. The Labute approximate surface area is 172 Å². The molecule has 4 nitrogen and oxygen atoms in total. The summed E-state index contributed by atoms with van der Waals surface area (Å²) < 4.78 is 0. The van der Waals surface area contributed by atoms with E-state index in [-0.39, 0.29) is 11.6 Å². The predicted molar refractivity (Wildman–Crippen MR) is 115 cm³/mol. The summed E-state index contributed by atoms with van der Waals surface area (Å²) in [6.07, 6.45) is 9.66. The maximum Gasteiger partial charge on any atom is 0.164 e. The number of carbonyl (C=O) groups excluding carboxylic acids is 2. The largest absolute Gasteiger partial charge is 0.303 e. The molecular formula is C25H28N2O2. The van der Waals surface area contributed by atoms with Crippen LogP contribution in [0.1, 0.15) is 59.3 Å². The van der Waals surface area contributed by atoms with Gasteiger partial charge in [0, 0.05) is 42.3 Å². The molecule has 0 atom stereocenters. The highest BCUT2D eigenvalue weighted by molar-refractivity contribution is 6.03. The summed E-state index contributed by atoms with van der Waals surface area (Å²) in [4.78, 5) is 32.2. The predicted octanol–water partition coefficient (Wildman–Crippen LogP) is 4.28. The van der Waals surface area contributed by atoms with Crippen LogP contribution in [-0.4, -0.2) is 41.1 Å². The van der Waals surface area contributed by atoms with E-state index in [0.29, 0.717) is 24.8 Å². The molecule has 1 aliphatic carbocycles. The van der Waals surface area contributed by atoms with E-state index in [1.807, 2.05) is 42.5 Å². The number of fused-ring (bicyclic) bond motifs is 1. The number of rotatable bonds is 7. The van der Waals surface area contributed by atoms with Crippen LogP contribution in [0.4, 0.5) is 0 Å². The quantitative estimate of drug-likeness (QED) is 0.404. The Morgan fingerprint density at radius 2 is 1.86 bits per heavy atom. The Kier molecular flexibility index (Phi) is 6.30. The van der Waals surface area contributed by atoms with Gasteiger partial charge < -0.3 is 4.90 Å². The molecule has 0 spiro atoms. The first-order valence-electron chi connectivity index (χ1n) is 10.7. The number of ketones is 2. The van der Waals surface area contributed by atoms with Gasteiger partial charge in [0.15, 0.2) is 11.6 Å². The lowest BCUT2D eigenvalue weighted by Gasteiger charge is -2.18. The van der Waals surface area contributed by atoms with Crippen molar-refractivity contribution < 1.29 is 9.59 Å². The summed E-state index contributed by atoms with van der Waals surface area (Å²) in [5, 5.41) is 0. The van der Waals surface area contributed by atoms with E-state index < -0.39 is 0 Å². The Morgan fingerprint density at radius 1 is 1.07 bits per heavy atom. The second kappa shape index (κ2) is 9.27. The highest BCUT2D eigenvalue weighted by atomic mass is 16.1. The standard InChI is InChI=1S/C25H28N2O2/c28-24(10-4-5-11-27-12-6-7-13-27)22-15-20-17-25(29)21(16-23(20)26-18-22)14-19-8-2-1-3-9-19/h1-3,8-9,14-15,18H,4-7,10-13,16-17H2/b21-14-. The molecule has 1 aliphatic heterocycles. The maximum absolute atomic E-state index is 12.6. The van der Waals surface area contributed by atoms with Crippen molar-refractivity contribution in [2.24, 2.45) is 0 Å². The minimum Gasteiger partial charge on any atom is -0.303 e. The van der Waals surface area contributed by atoms with Crippen LogP contribution in [-0.2, 0) is 17.6 Å². The fraction of sp³-hybridized carbons (Fsp3) is 0.400. The molecular weight excluding hydrogens is 360 g/mol. The smallest absolute Gasteiger partial charge is 0.164 e. The SMILES string of the molecule is O=C1Cc2cc(C(=O)CCCCN3CCCC3)cnc2C/C1=C/c1ccccc1. The molecule has 4 heteroatoms. The molecule has 0 N–H and O–H groups in total. The highest BCUT2D eigenvalue weighted by Crippen LogP contribution is 2.24. The van der Waals surface area contributed by atoms with Gasteiger partial charge in [0.25, 0.3) is 0 Å². The van der Waals surface area contributed by atoms with E-state index in [0.717, 1.165) is 41.8 Å². The molecule has 0 unspecified atom stereocenters. The zero-order valence-electron chi connectivity index (χ0n) is 16.9. The summed E-state index contributed by atoms with van der Waals surface area (Å²) in [6.45, 7) is 3.51. The molecule has 1 saturated heterocycles. The van der Waals surface area contributed by atoms with Crippen LogP contribution in [0.3, 0.4) is 0 Å². The Morgan fingerprint density at radius 3 is 2.66 bits per heavy atom. The zero-order chi connectivity index (χ0) is 20.1. The molecule has 1 aromatic carbocycles. The number of allylic oxidation sites excluding steroid dienone is 1. The molecule has 1 fully saturated rings. The minimum absolute atomic E-state index is 0.123. The lowest BCUT2D eigenvalue weighted by atomic mass is 9.88. The van der Waals surface area contributed by atoms with Crippen LogP contribution >= 0.6 is 0 Å². The molecule has 0 bridgehead atoms. The topological polar surface area (TPSA) is 50.3 Å². The third-order valence-corrected chi connectivity index (χ3v) is 5.92. The second-order valence-electron chi connectivity index (χ2n) is 8.12. The highest BCUT2D eigenvalue weighted by Gasteiger charge is 2.23. The lowest BCUT2D eigenvalue weighted by molar-refractivity contribution is -0.115. The minimum atomic E-state index is 0.123. The summed E-state index contributed by atoms with van der Waals surface area (Å²) in [6, 6.07) is 11.8. The van der Waals surface area contributed by atoms with Crippen LogP contribution in [0.5, 0.6) is 0 Å². The van der Waals surface area contributed by atoms with Crippen LogP contribution in [0.15, 0.2) is 48.2 Å². The summed E-state index contributed by atoms with van der Waals surface area (Å²) in [5.74, 6) is 0.262. The number of likely N-dealkylation sites (tertiary alicyclic amines) is 1. The molecule has 150 valence electrons. The average molecular weight is 389 g/mol. The fourth-order valence-electron chi connectivity index (χ4n) is 4.22. The zero-order valence-corrected chi connectivity index (χ0v) is 16.9. The number of hydrogen-bond acceptors (Lipinski definition) is 4. The van der Waals surface area contributed by atoms with Gasteiger partial charge in [-0.05, 0) is 68.6 Å². The van der Waals surface area contributed by atoms with Crippen LogP contribution in [0, 0.1) is 0 Å². The Bertz CT molecular complexity index is 912. The van der Waals surface area contributed by atoms with Gasteiger partial charge in [0.05, 0.1) is 0 Å². The van der Waals surface area contributed by atoms with Crippen molar-refractivity contribution in [2.75, 3.05) is 19.6 Å². The first-order valence-corrected chi connectivity index (χ1v) is 10.7. The van der Waals surface area contributed by atoms with Gasteiger partial charge in [0.1, 0.15) is 0 Å². The van der Waals surface area contributed by atoms with Gasteiger partial charge in [-0.15, -0.1) is 0 Å². The van der Waals surface area contributed by atoms with Crippen molar-refractivity contribution in [3.05, 3.63) is 70.6 Å². The lowest BCUT2D eigenvalue weighted by Crippen LogP contribution is -2.20. The van der Waals surface area contributed by atoms with Gasteiger partial charge in [-0.3, -0.25) is 14.6 Å². The number of pyridine rings is 1. The Balaban J connectivity index is 1.36. The van der Waals surface area contributed by atoms with Crippen molar-refractivity contribution in [3.8, 4) is 0 Å². The van der Waals surface area contributed by atoms with E-state index >= 15 is 0 Å². The van der Waals surface area contributed by atoms with E-state index in [1.165, 1.54) is 25.9 Å². The summed E-state index contributed by atoms with van der Waals surface area (Å²) in [7, 11) is 0.